The standard InChI is InChI=1S/C7H6BrN3/c1-4-2-5(10)6(3-9)11-7(4)8/h2H,10H2,1H3. The fourth-order valence-electron chi connectivity index (χ4n) is 0.702. The number of nitrogen functional groups attached to an aromatic ring is 1. The number of aryl methyl sites for hydroxylation is 1. The number of hydrogen-bond acceptors (Lipinski definition) is 3. The van der Waals surface area contributed by atoms with E-state index in [-0.39, 0.29) is 5.69 Å². The van der Waals surface area contributed by atoms with Gasteiger partial charge in [-0.25, -0.2) is 4.98 Å². The molecule has 1 aromatic heterocycles. The fraction of sp³-hybridized carbons (Fsp3) is 0.143. The first-order valence-electron chi connectivity index (χ1n) is 2.98. The summed E-state index contributed by atoms with van der Waals surface area (Å²) < 4.78 is 0.670. The second-order valence-electron chi connectivity index (χ2n) is 2.15. The quantitative estimate of drug-likeness (QED) is 0.664. The highest BCUT2D eigenvalue weighted by Crippen LogP contribution is 2.18. The average molecular weight is 212 g/mol. The molecule has 56 valence electrons. The van der Waals surface area contributed by atoms with Gasteiger partial charge >= 0.3 is 0 Å². The van der Waals surface area contributed by atoms with Crippen LogP contribution in [0.5, 0.6) is 0 Å². The second-order valence-corrected chi connectivity index (χ2v) is 2.90. The lowest BCUT2D eigenvalue weighted by atomic mass is 10.2. The first kappa shape index (κ1) is 8.02. The normalized spacial score (nSPS) is 9.18. The summed E-state index contributed by atoms with van der Waals surface area (Å²) in [6.07, 6.45) is 0. The topological polar surface area (TPSA) is 62.7 Å². The lowest BCUT2D eigenvalue weighted by Gasteiger charge is -1.99. The van der Waals surface area contributed by atoms with Crippen molar-refractivity contribution in [1.82, 2.24) is 4.98 Å². The zero-order chi connectivity index (χ0) is 8.43. The van der Waals surface area contributed by atoms with E-state index in [0.29, 0.717) is 10.3 Å². The molecule has 0 aliphatic carbocycles. The van der Waals surface area contributed by atoms with E-state index in [9.17, 15) is 0 Å². The number of hydrogen-bond donors (Lipinski definition) is 1. The summed E-state index contributed by atoms with van der Waals surface area (Å²) in [5, 5.41) is 8.52. The van der Waals surface area contributed by atoms with Crippen molar-refractivity contribution in [1.29, 1.82) is 5.26 Å². The Kier molecular flexibility index (Phi) is 2.11. The van der Waals surface area contributed by atoms with Gasteiger partial charge in [0.05, 0.1) is 5.69 Å². The third-order valence-electron chi connectivity index (χ3n) is 1.29. The molecule has 0 atom stereocenters. The van der Waals surface area contributed by atoms with Gasteiger partial charge in [0, 0.05) is 0 Å². The second kappa shape index (κ2) is 2.89. The van der Waals surface area contributed by atoms with Crippen LogP contribution in [0.1, 0.15) is 11.3 Å². The molecule has 0 bridgehead atoms. The van der Waals surface area contributed by atoms with Crippen molar-refractivity contribution in [2.45, 2.75) is 6.92 Å². The van der Waals surface area contributed by atoms with E-state index in [4.69, 9.17) is 11.0 Å². The molecule has 0 radical (unpaired) electrons. The lowest BCUT2D eigenvalue weighted by molar-refractivity contribution is 1.18. The molecule has 11 heavy (non-hydrogen) atoms. The van der Waals surface area contributed by atoms with Crippen molar-refractivity contribution in [3.05, 3.63) is 21.9 Å². The Hall–Kier alpha value is -1.08. The molecule has 0 spiro atoms. The smallest absolute Gasteiger partial charge is 0.164 e. The molecule has 1 rings (SSSR count). The Morgan fingerprint density at radius 1 is 1.73 bits per heavy atom. The van der Waals surface area contributed by atoms with E-state index < -0.39 is 0 Å². The van der Waals surface area contributed by atoms with Crippen LogP contribution in [-0.4, -0.2) is 4.98 Å². The van der Waals surface area contributed by atoms with Gasteiger partial charge in [-0.05, 0) is 34.5 Å². The molecule has 1 aromatic rings. The number of rotatable bonds is 0. The van der Waals surface area contributed by atoms with E-state index in [1.165, 1.54) is 0 Å². The monoisotopic (exact) mass is 211 g/mol. The zero-order valence-corrected chi connectivity index (χ0v) is 7.51. The van der Waals surface area contributed by atoms with Crippen LogP contribution in [0.15, 0.2) is 10.7 Å². The SMILES string of the molecule is Cc1cc(N)c(C#N)nc1Br. The van der Waals surface area contributed by atoms with Gasteiger partial charge in [0.1, 0.15) is 10.7 Å². The molecule has 0 amide bonds. The van der Waals surface area contributed by atoms with Gasteiger partial charge in [-0.15, -0.1) is 0 Å². The summed E-state index contributed by atoms with van der Waals surface area (Å²) in [6, 6.07) is 3.62. The summed E-state index contributed by atoms with van der Waals surface area (Å²) in [4.78, 5) is 3.92. The van der Waals surface area contributed by atoms with Crippen molar-refractivity contribution in [2.75, 3.05) is 5.73 Å². The van der Waals surface area contributed by atoms with Crippen LogP contribution in [0.4, 0.5) is 5.69 Å². The average Bonchev–Trinajstić information content (AvgIpc) is 1.97. The molecule has 4 heteroatoms. The molecular weight excluding hydrogens is 206 g/mol. The summed E-state index contributed by atoms with van der Waals surface area (Å²) in [7, 11) is 0. The van der Waals surface area contributed by atoms with E-state index in [0.717, 1.165) is 5.56 Å². The van der Waals surface area contributed by atoms with E-state index >= 15 is 0 Å². The van der Waals surface area contributed by atoms with Gasteiger partial charge in [-0.2, -0.15) is 5.26 Å². The minimum absolute atomic E-state index is 0.266. The molecule has 2 N–H and O–H groups in total. The third kappa shape index (κ3) is 1.49. The Labute approximate surface area is 73.0 Å². The first-order chi connectivity index (χ1) is 5.15. The minimum atomic E-state index is 0.266. The molecule has 0 aliphatic heterocycles. The van der Waals surface area contributed by atoms with Crippen molar-refractivity contribution >= 4 is 21.6 Å². The van der Waals surface area contributed by atoms with E-state index in [1.807, 2.05) is 13.0 Å². The molecular formula is C7H6BrN3. The number of pyridine rings is 1. The number of nitrogens with two attached hydrogens (primary N) is 1. The van der Waals surface area contributed by atoms with Gasteiger partial charge in [0.25, 0.3) is 0 Å². The Morgan fingerprint density at radius 2 is 2.36 bits per heavy atom. The van der Waals surface area contributed by atoms with Crippen LogP contribution in [0.25, 0.3) is 0 Å². The summed E-state index contributed by atoms with van der Waals surface area (Å²) >= 11 is 3.20. The summed E-state index contributed by atoms with van der Waals surface area (Å²) in [5.41, 5.74) is 7.12. The van der Waals surface area contributed by atoms with Crippen molar-refractivity contribution in [3.63, 3.8) is 0 Å². The third-order valence-corrected chi connectivity index (χ3v) is 2.09. The molecule has 0 aliphatic rings. The predicted octanol–water partition coefficient (Wildman–Crippen LogP) is 1.61. The maximum Gasteiger partial charge on any atom is 0.164 e. The molecule has 0 saturated heterocycles. The molecule has 0 unspecified atom stereocenters. The molecule has 0 saturated carbocycles. The highest BCUT2D eigenvalue weighted by atomic mass is 79.9. The highest BCUT2D eigenvalue weighted by molar-refractivity contribution is 9.10. The van der Waals surface area contributed by atoms with Gasteiger partial charge in [-0.1, -0.05) is 0 Å². The number of nitrogens with zero attached hydrogens (tertiary/aromatic N) is 2. The van der Waals surface area contributed by atoms with Crippen LogP contribution < -0.4 is 5.73 Å². The van der Waals surface area contributed by atoms with Gasteiger partial charge in [0.15, 0.2) is 5.69 Å². The Bertz CT molecular complexity index is 327. The number of anilines is 1. The van der Waals surface area contributed by atoms with Gasteiger partial charge < -0.3 is 5.73 Å². The number of nitriles is 1. The molecule has 1 heterocycles. The first-order valence-corrected chi connectivity index (χ1v) is 3.77. The summed E-state index contributed by atoms with van der Waals surface area (Å²) in [6.45, 7) is 1.87. The van der Waals surface area contributed by atoms with Crippen molar-refractivity contribution < 1.29 is 0 Å². The summed E-state index contributed by atoms with van der Waals surface area (Å²) in [5.74, 6) is 0. The Balaban J connectivity index is 3.35. The van der Waals surface area contributed by atoms with Crippen molar-refractivity contribution in [3.8, 4) is 6.07 Å². The molecule has 0 aromatic carbocycles. The van der Waals surface area contributed by atoms with Crippen LogP contribution in [0.3, 0.4) is 0 Å². The zero-order valence-electron chi connectivity index (χ0n) is 5.93. The highest BCUT2D eigenvalue weighted by Gasteiger charge is 2.02. The van der Waals surface area contributed by atoms with Gasteiger partial charge in [0.2, 0.25) is 0 Å². The van der Waals surface area contributed by atoms with Crippen LogP contribution >= 0.6 is 15.9 Å². The predicted molar refractivity (Wildman–Crippen MR) is 45.8 cm³/mol. The van der Waals surface area contributed by atoms with E-state index in [1.54, 1.807) is 6.07 Å². The lowest BCUT2D eigenvalue weighted by Crippen LogP contribution is -1.95. The minimum Gasteiger partial charge on any atom is -0.396 e. The fourth-order valence-corrected chi connectivity index (χ4v) is 0.993. The number of aromatic nitrogens is 1. The number of halogens is 1. The van der Waals surface area contributed by atoms with Crippen LogP contribution in [0, 0.1) is 18.3 Å². The van der Waals surface area contributed by atoms with E-state index in [2.05, 4.69) is 20.9 Å². The maximum absolute atomic E-state index is 8.52. The molecule has 3 nitrogen and oxygen atoms in total. The van der Waals surface area contributed by atoms with Crippen LogP contribution in [0.2, 0.25) is 0 Å². The van der Waals surface area contributed by atoms with Gasteiger partial charge in [-0.3, -0.25) is 0 Å². The molecule has 0 fully saturated rings. The Morgan fingerprint density at radius 3 is 2.91 bits per heavy atom. The largest absolute Gasteiger partial charge is 0.396 e. The maximum atomic E-state index is 8.52. The van der Waals surface area contributed by atoms with Crippen molar-refractivity contribution in [2.24, 2.45) is 0 Å². The van der Waals surface area contributed by atoms with Crippen LogP contribution in [-0.2, 0) is 0 Å².